The molecule has 1 saturated heterocycles. The summed E-state index contributed by atoms with van der Waals surface area (Å²) in [5.41, 5.74) is 7.17. The molecule has 104 valence electrons. The number of aliphatic hydroxyl groups excluding tert-OH is 1. The predicted molar refractivity (Wildman–Crippen MR) is 73.2 cm³/mol. The number of H-pyrrole nitrogens is 1. The van der Waals surface area contributed by atoms with Crippen LogP contribution in [0.5, 0.6) is 0 Å². The molecule has 1 aliphatic rings. The molecule has 3 heterocycles. The van der Waals surface area contributed by atoms with Gasteiger partial charge in [-0.2, -0.15) is 5.10 Å². The molecule has 3 rings (SSSR count). The van der Waals surface area contributed by atoms with Crippen molar-refractivity contribution in [1.82, 2.24) is 15.2 Å². The van der Waals surface area contributed by atoms with Gasteiger partial charge >= 0.3 is 0 Å². The number of hydrogen-bond acceptors (Lipinski definition) is 5. The van der Waals surface area contributed by atoms with Crippen molar-refractivity contribution in [1.29, 1.82) is 0 Å². The lowest BCUT2D eigenvalue weighted by molar-refractivity contribution is 0.1000. The average molecular weight is 273 g/mol. The smallest absolute Gasteiger partial charge is 0.250 e. The quantitative estimate of drug-likeness (QED) is 0.737. The van der Waals surface area contributed by atoms with Gasteiger partial charge < -0.3 is 15.7 Å². The molecule has 0 saturated carbocycles. The third-order valence-electron chi connectivity index (χ3n) is 3.41. The van der Waals surface area contributed by atoms with Crippen LogP contribution in [-0.4, -0.2) is 45.4 Å². The van der Waals surface area contributed by atoms with E-state index in [1.165, 1.54) is 6.20 Å². The first-order valence-electron chi connectivity index (χ1n) is 6.38. The van der Waals surface area contributed by atoms with E-state index < -0.39 is 5.91 Å². The van der Waals surface area contributed by atoms with Crippen LogP contribution in [-0.2, 0) is 0 Å². The summed E-state index contributed by atoms with van der Waals surface area (Å²) in [7, 11) is 0. The number of primary amides is 1. The maximum atomic E-state index is 11.3. The summed E-state index contributed by atoms with van der Waals surface area (Å²) in [5.74, 6) is 0.196. The van der Waals surface area contributed by atoms with Crippen molar-refractivity contribution in [2.24, 2.45) is 5.73 Å². The molecule has 0 bridgehead atoms. The molecule has 0 spiro atoms. The van der Waals surface area contributed by atoms with Gasteiger partial charge in [-0.3, -0.25) is 9.89 Å². The van der Waals surface area contributed by atoms with E-state index in [1.54, 1.807) is 18.3 Å². The number of nitrogens with one attached hydrogen (secondary N) is 1. The molecule has 1 fully saturated rings. The van der Waals surface area contributed by atoms with Gasteiger partial charge in [-0.1, -0.05) is 0 Å². The van der Waals surface area contributed by atoms with E-state index >= 15 is 0 Å². The van der Waals surface area contributed by atoms with Gasteiger partial charge in [0.25, 0.3) is 0 Å². The minimum Gasteiger partial charge on any atom is -0.391 e. The Kier molecular flexibility index (Phi) is 3.11. The number of anilines is 1. The second kappa shape index (κ2) is 4.93. The van der Waals surface area contributed by atoms with Crippen LogP contribution in [0.4, 0.5) is 5.82 Å². The topological polar surface area (TPSA) is 108 Å². The van der Waals surface area contributed by atoms with Gasteiger partial charge in [0.15, 0.2) is 0 Å². The average Bonchev–Trinajstić information content (AvgIpc) is 3.09. The van der Waals surface area contributed by atoms with Crippen molar-refractivity contribution in [3.8, 4) is 11.3 Å². The Bertz CT molecular complexity index is 626. The van der Waals surface area contributed by atoms with E-state index in [1.807, 2.05) is 4.90 Å². The zero-order valence-corrected chi connectivity index (χ0v) is 10.8. The Hall–Kier alpha value is -2.41. The predicted octanol–water partition coefficient (Wildman–Crippen LogP) is 0.142. The Balaban J connectivity index is 2.07. The second-order valence-electron chi connectivity index (χ2n) is 4.82. The van der Waals surface area contributed by atoms with Gasteiger partial charge in [0.1, 0.15) is 5.82 Å². The molecule has 0 aliphatic carbocycles. The lowest BCUT2D eigenvalue weighted by Gasteiger charge is -2.20. The monoisotopic (exact) mass is 273 g/mol. The third-order valence-corrected chi connectivity index (χ3v) is 3.41. The molecular formula is C13H15N5O2. The number of aliphatic hydroxyl groups is 1. The van der Waals surface area contributed by atoms with Crippen LogP contribution >= 0.6 is 0 Å². The molecule has 20 heavy (non-hydrogen) atoms. The summed E-state index contributed by atoms with van der Waals surface area (Å²) < 4.78 is 0. The molecule has 1 aliphatic heterocycles. The number of β-amino-alcohol motifs (C(OH)–C–C–N with tert-alkyl or cyclic N) is 1. The van der Waals surface area contributed by atoms with E-state index in [2.05, 4.69) is 15.2 Å². The van der Waals surface area contributed by atoms with Gasteiger partial charge in [-0.15, -0.1) is 0 Å². The Labute approximate surface area is 115 Å². The van der Waals surface area contributed by atoms with Crippen LogP contribution in [0, 0.1) is 0 Å². The first kappa shape index (κ1) is 12.6. The summed E-state index contributed by atoms with van der Waals surface area (Å²) in [6.45, 7) is 1.26. The van der Waals surface area contributed by atoms with Crippen molar-refractivity contribution in [2.45, 2.75) is 12.5 Å². The van der Waals surface area contributed by atoms with Crippen molar-refractivity contribution in [2.75, 3.05) is 18.0 Å². The first-order chi connectivity index (χ1) is 9.65. The molecule has 4 N–H and O–H groups in total. The summed E-state index contributed by atoms with van der Waals surface area (Å²) >= 11 is 0. The van der Waals surface area contributed by atoms with E-state index in [0.717, 1.165) is 23.6 Å². The molecule has 2 aromatic rings. The van der Waals surface area contributed by atoms with Crippen molar-refractivity contribution in [3.63, 3.8) is 0 Å². The second-order valence-corrected chi connectivity index (χ2v) is 4.82. The Morgan fingerprint density at radius 2 is 2.40 bits per heavy atom. The standard InChI is InChI=1S/C13H15N5O2/c14-12(20)8-5-10(11-1-3-16-17-11)13(15-6-8)18-4-2-9(19)7-18/h1,3,5-6,9,19H,2,4,7H2,(H2,14,20)(H,16,17)/t9-/m1/s1. The summed E-state index contributed by atoms with van der Waals surface area (Å²) in [6.07, 6.45) is 3.46. The molecule has 1 amide bonds. The normalized spacial score (nSPS) is 18.4. The van der Waals surface area contributed by atoms with Crippen LogP contribution in [0.15, 0.2) is 24.5 Å². The number of aromatic nitrogens is 3. The maximum Gasteiger partial charge on any atom is 0.250 e. The van der Waals surface area contributed by atoms with Crippen LogP contribution in [0.1, 0.15) is 16.8 Å². The van der Waals surface area contributed by atoms with Gasteiger partial charge in [-0.05, 0) is 18.6 Å². The minimum absolute atomic E-state index is 0.345. The fourth-order valence-electron chi connectivity index (χ4n) is 2.38. The number of hydrogen-bond donors (Lipinski definition) is 3. The van der Waals surface area contributed by atoms with E-state index in [4.69, 9.17) is 5.73 Å². The fourth-order valence-corrected chi connectivity index (χ4v) is 2.38. The van der Waals surface area contributed by atoms with Crippen LogP contribution in [0.2, 0.25) is 0 Å². The SMILES string of the molecule is NC(=O)c1cnc(N2CC[C@@H](O)C2)c(-c2ccn[nH]2)c1. The van der Waals surface area contributed by atoms with E-state index in [9.17, 15) is 9.90 Å². The van der Waals surface area contributed by atoms with Crippen LogP contribution < -0.4 is 10.6 Å². The molecule has 0 radical (unpaired) electrons. The first-order valence-corrected chi connectivity index (χ1v) is 6.38. The molecule has 7 heteroatoms. The number of rotatable bonds is 3. The minimum atomic E-state index is -0.522. The molecule has 2 aromatic heterocycles. The Morgan fingerprint density at radius 3 is 3.00 bits per heavy atom. The summed E-state index contributed by atoms with van der Waals surface area (Å²) in [5, 5.41) is 16.4. The highest BCUT2D eigenvalue weighted by molar-refractivity contribution is 5.94. The summed E-state index contributed by atoms with van der Waals surface area (Å²) in [6, 6.07) is 3.50. The summed E-state index contributed by atoms with van der Waals surface area (Å²) in [4.78, 5) is 17.6. The third kappa shape index (κ3) is 2.23. The molecule has 0 aromatic carbocycles. The number of aromatic amines is 1. The molecular weight excluding hydrogens is 258 g/mol. The fraction of sp³-hybridized carbons (Fsp3) is 0.308. The lowest BCUT2D eigenvalue weighted by Crippen LogP contribution is -2.23. The number of carbonyl (C=O) groups excluding carboxylic acids is 1. The van der Waals surface area contributed by atoms with E-state index in [0.29, 0.717) is 18.5 Å². The van der Waals surface area contributed by atoms with Gasteiger partial charge in [-0.25, -0.2) is 4.98 Å². The number of nitrogens with two attached hydrogens (primary N) is 1. The number of carbonyl (C=O) groups is 1. The highest BCUT2D eigenvalue weighted by atomic mass is 16.3. The highest BCUT2D eigenvalue weighted by Crippen LogP contribution is 2.30. The number of nitrogens with zero attached hydrogens (tertiary/aromatic N) is 3. The molecule has 0 unspecified atom stereocenters. The van der Waals surface area contributed by atoms with Gasteiger partial charge in [0.2, 0.25) is 5.91 Å². The molecule has 7 nitrogen and oxygen atoms in total. The zero-order chi connectivity index (χ0) is 14.1. The number of amides is 1. The number of pyridine rings is 1. The van der Waals surface area contributed by atoms with Crippen molar-refractivity contribution >= 4 is 11.7 Å². The maximum absolute atomic E-state index is 11.3. The van der Waals surface area contributed by atoms with Gasteiger partial charge in [0.05, 0.1) is 17.4 Å². The van der Waals surface area contributed by atoms with E-state index in [-0.39, 0.29) is 6.10 Å². The largest absolute Gasteiger partial charge is 0.391 e. The molecule has 1 atom stereocenters. The van der Waals surface area contributed by atoms with Gasteiger partial charge in [0, 0.05) is 31.0 Å². The van der Waals surface area contributed by atoms with Crippen LogP contribution in [0.3, 0.4) is 0 Å². The highest BCUT2D eigenvalue weighted by Gasteiger charge is 2.24. The van der Waals surface area contributed by atoms with Crippen molar-refractivity contribution < 1.29 is 9.90 Å². The lowest BCUT2D eigenvalue weighted by atomic mass is 10.1. The Morgan fingerprint density at radius 1 is 1.55 bits per heavy atom. The van der Waals surface area contributed by atoms with Crippen molar-refractivity contribution in [3.05, 3.63) is 30.1 Å². The van der Waals surface area contributed by atoms with Crippen LogP contribution in [0.25, 0.3) is 11.3 Å². The zero-order valence-electron chi connectivity index (χ0n) is 10.8.